The first-order valence-corrected chi connectivity index (χ1v) is 3.76. The van der Waals surface area contributed by atoms with Crippen molar-refractivity contribution >= 4 is 22.6 Å². The first kappa shape index (κ1) is 3.70. The zero-order chi connectivity index (χ0) is 4.15. The van der Waals surface area contributed by atoms with E-state index in [2.05, 4.69) is 22.6 Å². The number of hydrogen-bond donors (Lipinski definition) is 0. The van der Waals surface area contributed by atoms with Gasteiger partial charge < -0.3 is 0 Å². The van der Waals surface area contributed by atoms with E-state index in [0.717, 1.165) is 3.92 Å². The highest BCUT2D eigenvalue weighted by Crippen LogP contribution is 2.58. The quantitative estimate of drug-likeness (QED) is 0.407. The predicted octanol–water partition coefficient (Wildman–Crippen LogP) is 1.83. The Bertz CT molecular complexity index is 80.0. The molecule has 34 valence electrons. The van der Waals surface area contributed by atoms with E-state index in [1.807, 2.05) is 0 Å². The van der Waals surface area contributed by atoms with Crippen LogP contribution in [-0.2, 0) is 0 Å². The molecule has 2 rings (SSSR count). The zero-order valence-corrected chi connectivity index (χ0v) is 5.68. The Morgan fingerprint density at radius 2 is 2.17 bits per heavy atom. The lowest BCUT2D eigenvalue weighted by Gasteiger charge is -2.16. The third-order valence-electron chi connectivity index (χ3n) is 1.97. The zero-order valence-electron chi connectivity index (χ0n) is 3.52. The monoisotopic (exact) mass is 194 g/mol. The topological polar surface area (TPSA) is 0 Å². The third-order valence-corrected chi connectivity index (χ3v) is 3.40. The van der Waals surface area contributed by atoms with E-state index in [1.54, 1.807) is 6.42 Å². The van der Waals surface area contributed by atoms with Crippen molar-refractivity contribution in [2.75, 3.05) is 0 Å². The molecule has 2 aliphatic carbocycles. The van der Waals surface area contributed by atoms with Gasteiger partial charge in [-0.3, -0.25) is 0 Å². The van der Waals surface area contributed by atoms with Gasteiger partial charge in [-0.1, -0.05) is 22.6 Å². The minimum atomic E-state index is 1.08. The molecule has 0 N–H and O–H groups in total. The SMILES string of the molecule is IC1CC2C[C@H]12. The van der Waals surface area contributed by atoms with Gasteiger partial charge in [-0.25, -0.2) is 0 Å². The van der Waals surface area contributed by atoms with Crippen molar-refractivity contribution in [3.8, 4) is 0 Å². The standard InChI is InChI=1S/C5H7I/c6-5-2-3-1-4(3)5/h3-5H,1-2H2/t3?,4-,5?/m0/s1. The van der Waals surface area contributed by atoms with Gasteiger partial charge in [-0.2, -0.15) is 0 Å². The third kappa shape index (κ3) is 0.303. The molecule has 0 nitrogen and oxygen atoms in total. The Morgan fingerprint density at radius 3 is 2.17 bits per heavy atom. The molecule has 0 spiro atoms. The summed E-state index contributed by atoms with van der Waals surface area (Å²) in [7, 11) is 0. The maximum Gasteiger partial charge on any atom is 0.0143 e. The molecule has 0 saturated heterocycles. The summed E-state index contributed by atoms with van der Waals surface area (Å²) in [4.78, 5) is 0. The van der Waals surface area contributed by atoms with Crippen LogP contribution in [0.25, 0.3) is 0 Å². The van der Waals surface area contributed by atoms with Crippen molar-refractivity contribution in [1.82, 2.24) is 0 Å². The second kappa shape index (κ2) is 0.932. The molecule has 1 heteroatoms. The van der Waals surface area contributed by atoms with E-state index in [0.29, 0.717) is 0 Å². The molecule has 0 aromatic carbocycles. The van der Waals surface area contributed by atoms with Gasteiger partial charge in [0.15, 0.2) is 0 Å². The van der Waals surface area contributed by atoms with Crippen LogP contribution in [0.3, 0.4) is 0 Å². The predicted molar refractivity (Wildman–Crippen MR) is 34.0 cm³/mol. The van der Waals surface area contributed by atoms with Crippen LogP contribution in [0.15, 0.2) is 0 Å². The fraction of sp³-hybridized carbons (Fsp3) is 1.00. The molecule has 2 unspecified atom stereocenters. The van der Waals surface area contributed by atoms with Crippen molar-refractivity contribution in [1.29, 1.82) is 0 Å². The van der Waals surface area contributed by atoms with Crippen LogP contribution < -0.4 is 0 Å². The summed E-state index contributed by atoms with van der Waals surface area (Å²) in [6.07, 6.45) is 3.10. The molecular formula is C5H7I. The van der Waals surface area contributed by atoms with Gasteiger partial charge in [-0.15, -0.1) is 0 Å². The largest absolute Gasteiger partial charge is 0.0823 e. The lowest BCUT2D eigenvalue weighted by Crippen LogP contribution is -2.13. The first-order chi connectivity index (χ1) is 2.88. The fourth-order valence-corrected chi connectivity index (χ4v) is 2.79. The average molecular weight is 194 g/mol. The second-order valence-electron chi connectivity index (χ2n) is 2.41. The van der Waals surface area contributed by atoms with Gasteiger partial charge in [0.1, 0.15) is 0 Å². The van der Waals surface area contributed by atoms with E-state index in [9.17, 15) is 0 Å². The summed E-state index contributed by atoms with van der Waals surface area (Å²) in [5.41, 5.74) is 0. The van der Waals surface area contributed by atoms with E-state index >= 15 is 0 Å². The van der Waals surface area contributed by atoms with E-state index in [4.69, 9.17) is 0 Å². The Morgan fingerprint density at radius 1 is 1.33 bits per heavy atom. The molecule has 0 radical (unpaired) electrons. The van der Waals surface area contributed by atoms with Gasteiger partial charge in [-0.05, 0) is 24.7 Å². The number of fused-ring (bicyclic) bond motifs is 1. The summed E-state index contributed by atoms with van der Waals surface area (Å²) in [6.45, 7) is 0. The molecule has 0 aliphatic heterocycles. The first-order valence-electron chi connectivity index (χ1n) is 2.52. The minimum absolute atomic E-state index is 1.08. The average Bonchev–Trinajstić information content (AvgIpc) is 2.12. The van der Waals surface area contributed by atoms with Crippen LogP contribution in [0.5, 0.6) is 0 Å². The van der Waals surface area contributed by atoms with Crippen LogP contribution in [0.4, 0.5) is 0 Å². The molecule has 0 amide bonds. The summed E-state index contributed by atoms with van der Waals surface area (Å²) in [5.74, 6) is 2.39. The summed E-state index contributed by atoms with van der Waals surface area (Å²) in [5, 5.41) is 0. The number of halogens is 1. The van der Waals surface area contributed by atoms with E-state index in [-0.39, 0.29) is 0 Å². The second-order valence-corrected chi connectivity index (χ2v) is 4.01. The number of alkyl halides is 1. The van der Waals surface area contributed by atoms with Crippen LogP contribution in [0.2, 0.25) is 0 Å². The van der Waals surface area contributed by atoms with E-state index < -0.39 is 0 Å². The van der Waals surface area contributed by atoms with Gasteiger partial charge in [0, 0.05) is 3.92 Å². The van der Waals surface area contributed by atoms with Crippen LogP contribution in [0, 0.1) is 11.8 Å². The molecule has 6 heavy (non-hydrogen) atoms. The fourth-order valence-electron chi connectivity index (χ4n) is 1.25. The Kier molecular flexibility index (Phi) is 0.574. The van der Waals surface area contributed by atoms with Crippen molar-refractivity contribution in [3.05, 3.63) is 0 Å². The van der Waals surface area contributed by atoms with Crippen molar-refractivity contribution in [3.63, 3.8) is 0 Å². The normalized spacial score (nSPS) is 62.5. The lowest BCUT2D eigenvalue weighted by molar-refractivity contribution is 0.504. The summed E-state index contributed by atoms with van der Waals surface area (Å²) in [6, 6.07) is 0. The van der Waals surface area contributed by atoms with Crippen molar-refractivity contribution < 1.29 is 0 Å². The van der Waals surface area contributed by atoms with Crippen molar-refractivity contribution in [2.24, 2.45) is 11.8 Å². The van der Waals surface area contributed by atoms with Gasteiger partial charge in [0.05, 0.1) is 0 Å². The molecule has 0 aromatic heterocycles. The molecule has 0 aromatic rings. The maximum atomic E-state index is 2.56. The number of rotatable bonds is 0. The highest BCUT2D eigenvalue weighted by molar-refractivity contribution is 14.1. The van der Waals surface area contributed by atoms with Crippen molar-refractivity contribution in [2.45, 2.75) is 16.8 Å². The Labute approximate surface area is 51.4 Å². The molecular weight excluding hydrogens is 187 g/mol. The summed E-state index contributed by atoms with van der Waals surface area (Å²) < 4.78 is 1.08. The Balaban J connectivity index is 2.08. The van der Waals surface area contributed by atoms with Crippen LogP contribution >= 0.6 is 22.6 Å². The van der Waals surface area contributed by atoms with Gasteiger partial charge >= 0.3 is 0 Å². The van der Waals surface area contributed by atoms with E-state index in [1.165, 1.54) is 18.3 Å². The highest BCUT2D eigenvalue weighted by Gasteiger charge is 2.51. The lowest BCUT2D eigenvalue weighted by atomic mass is 10.0. The maximum absolute atomic E-state index is 2.56. The minimum Gasteiger partial charge on any atom is -0.0823 e. The summed E-state index contributed by atoms with van der Waals surface area (Å²) >= 11 is 2.56. The van der Waals surface area contributed by atoms with Gasteiger partial charge in [0.2, 0.25) is 0 Å². The van der Waals surface area contributed by atoms with Gasteiger partial charge in [0.25, 0.3) is 0 Å². The molecule has 2 aliphatic rings. The number of hydrogen-bond acceptors (Lipinski definition) is 0. The molecule has 0 bridgehead atoms. The molecule has 0 heterocycles. The molecule has 2 fully saturated rings. The molecule has 2 saturated carbocycles. The highest BCUT2D eigenvalue weighted by atomic mass is 127. The molecule has 3 atom stereocenters. The van der Waals surface area contributed by atoms with Crippen LogP contribution in [0.1, 0.15) is 12.8 Å². The Hall–Kier alpha value is 0.730. The smallest absolute Gasteiger partial charge is 0.0143 e. The van der Waals surface area contributed by atoms with Crippen LogP contribution in [-0.4, -0.2) is 3.92 Å².